The third-order valence-corrected chi connectivity index (χ3v) is 6.62. The third kappa shape index (κ3) is 5.65. The number of benzene rings is 2. The van der Waals surface area contributed by atoms with Crippen LogP contribution in [0.25, 0.3) is 11.3 Å². The number of nitrogens with zero attached hydrogens (tertiary/aromatic N) is 1. The molecule has 156 valence electrons. The topological polar surface area (TPSA) is 88.2 Å². The van der Waals surface area contributed by atoms with E-state index in [1.165, 1.54) is 12.1 Å². The van der Waals surface area contributed by atoms with Gasteiger partial charge in [-0.3, -0.25) is 9.78 Å². The van der Waals surface area contributed by atoms with Crippen LogP contribution in [0.2, 0.25) is 0 Å². The third-order valence-electron chi connectivity index (χ3n) is 4.25. The van der Waals surface area contributed by atoms with Crippen molar-refractivity contribution in [2.24, 2.45) is 5.92 Å². The van der Waals surface area contributed by atoms with Gasteiger partial charge < -0.3 is 5.32 Å². The van der Waals surface area contributed by atoms with Gasteiger partial charge in [-0.15, -0.1) is 0 Å². The van der Waals surface area contributed by atoms with Crippen LogP contribution in [-0.4, -0.2) is 25.9 Å². The van der Waals surface area contributed by atoms with E-state index in [0.717, 1.165) is 14.8 Å². The molecular weight excluding hydrogens is 513 g/mol. The standard InChI is InChI=1S/C22H22IN3O3S/c1-15(2)14-25-30(28,29)18-7-5-6-16(12-18)22(27)26-17-9-10-20(23)19(13-17)21-8-3-4-11-24-21/h3-13,15,25H,14H2,1-2H3,(H,26,27). The molecule has 3 rings (SSSR count). The smallest absolute Gasteiger partial charge is 0.255 e. The molecule has 0 radical (unpaired) electrons. The number of amides is 1. The van der Waals surface area contributed by atoms with Crippen molar-refractivity contribution in [3.8, 4) is 11.3 Å². The molecule has 30 heavy (non-hydrogen) atoms. The summed E-state index contributed by atoms with van der Waals surface area (Å²) in [7, 11) is -3.67. The summed E-state index contributed by atoms with van der Waals surface area (Å²) in [5, 5.41) is 2.84. The summed E-state index contributed by atoms with van der Waals surface area (Å²) in [6, 6.07) is 17.2. The van der Waals surface area contributed by atoms with E-state index in [1.54, 1.807) is 24.4 Å². The number of hydrogen-bond donors (Lipinski definition) is 2. The van der Waals surface area contributed by atoms with Crippen molar-refractivity contribution in [3.63, 3.8) is 0 Å². The van der Waals surface area contributed by atoms with Crippen LogP contribution in [0.15, 0.2) is 71.8 Å². The van der Waals surface area contributed by atoms with Crippen molar-refractivity contribution in [1.82, 2.24) is 9.71 Å². The number of aromatic nitrogens is 1. The summed E-state index contributed by atoms with van der Waals surface area (Å²) in [6.45, 7) is 4.18. The van der Waals surface area contributed by atoms with Gasteiger partial charge in [0.2, 0.25) is 10.0 Å². The van der Waals surface area contributed by atoms with E-state index in [0.29, 0.717) is 12.2 Å². The molecule has 0 atom stereocenters. The van der Waals surface area contributed by atoms with Gasteiger partial charge in [-0.2, -0.15) is 0 Å². The van der Waals surface area contributed by atoms with E-state index in [4.69, 9.17) is 0 Å². The molecule has 0 aliphatic rings. The Hall–Kier alpha value is -2.30. The van der Waals surface area contributed by atoms with E-state index < -0.39 is 10.0 Å². The number of anilines is 1. The van der Waals surface area contributed by atoms with E-state index in [2.05, 4.69) is 37.6 Å². The van der Waals surface area contributed by atoms with Crippen LogP contribution in [0.3, 0.4) is 0 Å². The lowest BCUT2D eigenvalue weighted by molar-refractivity contribution is 0.102. The molecule has 0 aliphatic heterocycles. The lowest BCUT2D eigenvalue weighted by atomic mass is 10.1. The van der Waals surface area contributed by atoms with Crippen LogP contribution in [-0.2, 0) is 10.0 Å². The van der Waals surface area contributed by atoms with E-state index in [-0.39, 0.29) is 22.3 Å². The van der Waals surface area contributed by atoms with E-state index >= 15 is 0 Å². The van der Waals surface area contributed by atoms with Crippen molar-refractivity contribution in [3.05, 3.63) is 76.0 Å². The van der Waals surface area contributed by atoms with Gasteiger partial charge in [-0.05, 0) is 77.0 Å². The number of hydrogen-bond acceptors (Lipinski definition) is 4. The number of sulfonamides is 1. The molecule has 1 amide bonds. The van der Waals surface area contributed by atoms with Crippen LogP contribution >= 0.6 is 22.6 Å². The van der Waals surface area contributed by atoms with Crippen molar-refractivity contribution in [2.75, 3.05) is 11.9 Å². The Labute approximate surface area is 190 Å². The Morgan fingerprint density at radius 1 is 1.07 bits per heavy atom. The maximum absolute atomic E-state index is 12.7. The van der Waals surface area contributed by atoms with Gasteiger partial charge in [0.15, 0.2) is 0 Å². The van der Waals surface area contributed by atoms with Crippen LogP contribution in [0, 0.1) is 9.49 Å². The average Bonchev–Trinajstić information content (AvgIpc) is 2.74. The fourth-order valence-corrected chi connectivity index (χ4v) is 4.56. The number of carbonyl (C=O) groups excluding carboxylic acids is 1. The average molecular weight is 535 g/mol. The fourth-order valence-electron chi connectivity index (χ4n) is 2.69. The summed E-state index contributed by atoms with van der Waals surface area (Å²) in [5.74, 6) is -0.204. The summed E-state index contributed by atoms with van der Waals surface area (Å²) in [6.07, 6.45) is 1.72. The summed E-state index contributed by atoms with van der Waals surface area (Å²) in [5.41, 5.74) is 2.58. The predicted molar refractivity (Wildman–Crippen MR) is 127 cm³/mol. The van der Waals surface area contributed by atoms with Gasteiger partial charge in [0.05, 0.1) is 10.6 Å². The molecule has 1 aromatic heterocycles. The first-order valence-electron chi connectivity index (χ1n) is 9.38. The van der Waals surface area contributed by atoms with E-state index in [9.17, 15) is 13.2 Å². The predicted octanol–water partition coefficient (Wildman–Crippen LogP) is 4.54. The first-order valence-corrected chi connectivity index (χ1v) is 11.9. The highest BCUT2D eigenvalue weighted by atomic mass is 127. The highest BCUT2D eigenvalue weighted by Gasteiger charge is 2.17. The fraction of sp³-hybridized carbons (Fsp3) is 0.182. The molecule has 2 N–H and O–H groups in total. The van der Waals surface area contributed by atoms with Gasteiger partial charge in [0.25, 0.3) is 5.91 Å². The second-order valence-electron chi connectivity index (χ2n) is 7.14. The van der Waals surface area contributed by atoms with Gasteiger partial charge in [-0.25, -0.2) is 13.1 Å². The molecule has 0 saturated heterocycles. The molecule has 3 aromatic rings. The second kappa shape index (κ2) is 9.67. The largest absolute Gasteiger partial charge is 0.322 e. The first kappa shape index (κ1) is 22.4. The number of rotatable bonds is 7. The monoisotopic (exact) mass is 535 g/mol. The minimum Gasteiger partial charge on any atom is -0.322 e. The summed E-state index contributed by atoms with van der Waals surface area (Å²) < 4.78 is 28.5. The van der Waals surface area contributed by atoms with Gasteiger partial charge >= 0.3 is 0 Å². The Balaban J connectivity index is 1.82. The van der Waals surface area contributed by atoms with Crippen LogP contribution < -0.4 is 10.0 Å². The summed E-state index contributed by atoms with van der Waals surface area (Å²) in [4.78, 5) is 17.2. The first-order chi connectivity index (χ1) is 14.3. The highest BCUT2D eigenvalue weighted by molar-refractivity contribution is 14.1. The number of halogens is 1. The molecule has 0 unspecified atom stereocenters. The molecule has 0 bridgehead atoms. The van der Waals surface area contributed by atoms with Crippen LogP contribution in [0.5, 0.6) is 0 Å². The Morgan fingerprint density at radius 2 is 1.87 bits per heavy atom. The van der Waals surface area contributed by atoms with Gasteiger partial charge in [0.1, 0.15) is 0 Å². The molecule has 0 spiro atoms. The van der Waals surface area contributed by atoms with E-state index in [1.807, 2.05) is 44.2 Å². The molecule has 0 saturated carbocycles. The maximum atomic E-state index is 12.7. The number of pyridine rings is 1. The zero-order valence-electron chi connectivity index (χ0n) is 16.6. The lowest BCUT2D eigenvalue weighted by Gasteiger charge is -2.11. The molecule has 1 heterocycles. The molecule has 6 nitrogen and oxygen atoms in total. The highest BCUT2D eigenvalue weighted by Crippen LogP contribution is 2.27. The quantitative estimate of drug-likeness (QED) is 0.435. The lowest BCUT2D eigenvalue weighted by Crippen LogP contribution is -2.27. The second-order valence-corrected chi connectivity index (χ2v) is 10.1. The number of nitrogens with one attached hydrogen (secondary N) is 2. The molecule has 0 fully saturated rings. The Bertz CT molecular complexity index is 1150. The van der Waals surface area contributed by atoms with Crippen molar-refractivity contribution in [1.29, 1.82) is 0 Å². The zero-order valence-corrected chi connectivity index (χ0v) is 19.6. The van der Waals surface area contributed by atoms with Crippen molar-refractivity contribution >= 4 is 44.2 Å². The molecular formula is C22H22IN3O3S. The van der Waals surface area contributed by atoms with Gasteiger partial charge in [-0.1, -0.05) is 26.0 Å². The Kier molecular flexibility index (Phi) is 7.22. The van der Waals surface area contributed by atoms with Crippen LogP contribution in [0.4, 0.5) is 5.69 Å². The van der Waals surface area contributed by atoms with Crippen molar-refractivity contribution < 1.29 is 13.2 Å². The molecule has 0 aliphatic carbocycles. The zero-order chi connectivity index (χ0) is 21.7. The molecule has 8 heteroatoms. The van der Waals surface area contributed by atoms with Crippen LogP contribution in [0.1, 0.15) is 24.2 Å². The SMILES string of the molecule is CC(C)CNS(=O)(=O)c1cccc(C(=O)Nc2ccc(I)c(-c3ccccn3)c2)c1. The normalized spacial score (nSPS) is 11.5. The van der Waals surface area contributed by atoms with Crippen molar-refractivity contribution in [2.45, 2.75) is 18.7 Å². The molecule has 2 aromatic carbocycles. The van der Waals surface area contributed by atoms with Gasteiger partial charge in [0, 0.05) is 33.1 Å². The minimum absolute atomic E-state index is 0.0626. The summed E-state index contributed by atoms with van der Waals surface area (Å²) >= 11 is 2.22. The minimum atomic E-state index is -3.67. The Morgan fingerprint density at radius 3 is 2.57 bits per heavy atom. The maximum Gasteiger partial charge on any atom is 0.255 e. The number of carbonyl (C=O) groups is 1.